The maximum absolute atomic E-state index is 14.1. The highest BCUT2D eigenvalue weighted by molar-refractivity contribution is 7.07. The maximum Gasteiger partial charge on any atom is 0.343 e. The van der Waals surface area contributed by atoms with Crippen LogP contribution in [0.25, 0.3) is 6.08 Å². The van der Waals surface area contributed by atoms with Crippen LogP contribution < -0.4 is 33.8 Å². The summed E-state index contributed by atoms with van der Waals surface area (Å²) >= 11 is 7.90. The van der Waals surface area contributed by atoms with Crippen molar-refractivity contribution in [3.63, 3.8) is 0 Å². The lowest BCUT2D eigenvalue weighted by atomic mass is 9.96. The zero-order chi connectivity index (χ0) is 33.8. The number of carbonyl (C=O) groups excluding carboxylic acids is 1. The molecule has 2 heterocycles. The minimum atomic E-state index is -0.735. The molecule has 0 saturated carbocycles. The molecule has 0 saturated heterocycles. The third kappa shape index (κ3) is 6.93. The number of esters is 1. The molecule has 0 amide bonds. The van der Waals surface area contributed by atoms with E-state index in [0.717, 1.165) is 16.9 Å². The predicted octanol–water partition coefficient (Wildman–Crippen LogP) is 6.58. The van der Waals surface area contributed by atoms with Gasteiger partial charge in [-0.3, -0.25) is 9.36 Å². The molecule has 0 bridgehead atoms. The Kier molecular flexibility index (Phi) is 9.80. The van der Waals surface area contributed by atoms with E-state index in [2.05, 4.69) is 11.9 Å². The number of hydrogen-bond acceptors (Lipinski definition) is 8. The van der Waals surface area contributed by atoms with Crippen LogP contribution in [0.5, 0.6) is 23.0 Å². The molecule has 1 atom stereocenters. The fourth-order valence-electron chi connectivity index (χ4n) is 5.41. The highest BCUT2D eigenvalue weighted by Crippen LogP contribution is 2.37. The fourth-order valence-corrected chi connectivity index (χ4v) is 6.73. The molecule has 244 valence electrons. The van der Waals surface area contributed by atoms with Crippen LogP contribution in [0, 0.1) is 13.8 Å². The predicted molar refractivity (Wildman–Crippen MR) is 187 cm³/mol. The van der Waals surface area contributed by atoms with Crippen molar-refractivity contribution in [2.24, 2.45) is 4.99 Å². The van der Waals surface area contributed by atoms with Crippen LogP contribution >= 0.6 is 22.9 Å². The van der Waals surface area contributed by atoms with E-state index in [9.17, 15) is 9.59 Å². The Morgan fingerprint density at radius 1 is 0.896 bits per heavy atom. The van der Waals surface area contributed by atoms with Gasteiger partial charge < -0.3 is 18.9 Å². The number of aromatic nitrogens is 1. The van der Waals surface area contributed by atoms with Crippen LogP contribution in [0.3, 0.4) is 0 Å². The summed E-state index contributed by atoms with van der Waals surface area (Å²) in [6.45, 7) is 6.40. The normalized spacial score (nSPS) is 14.3. The zero-order valence-electron chi connectivity index (χ0n) is 26.9. The van der Waals surface area contributed by atoms with E-state index in [4.69, 9.17) is 30.5 Å². The van der Waals surface area contributed by atoms with Gasteiger partial charge in [0.2, 0.25) is 0 Å². The van der Waals surface area contributed by atoms with Gasteiger partial charge in [-0.2, -0.15) is 0 Å². The Morgan fingerprint density at radius 3 is 2.31 bits per heavy atom. The molecule has 1 aromatic heterocycles. The molecule has 10 heteroatoms. The summed E-state index contributed by atoms with van der Waals surface area (Å²) in [5.74, 6) is 1.39. The zero-order valence-corrected chi connectivity index (χ0v) is 28.4. The highest BCUT2D eigenvalue weighted by atomic mass is 35.5. The van der Waals surface area contributed by atoms with Crippen molar-refractivity contribution in [1.82, 2.24) is 4.57 Å². The average Bonchev–Trinajstić information content (AvgIpc) is 3.38. The first-order valence-corrected chi connectivity index (χ1v) is 16.5. The first-order chi connectivity index (χ1) is 23.2. The first-order valence-electron chi connectivity index (χ1n) is 15.3. The molecular formula is C38H33ClN2O6S. The Labute approximate surface area is 286 Å². The highest BCUT2D eigenvalue weighted by Gasteiger charge is 2.33. The molecule has 8 nitrogen and oxygen atoms in total. The van der Waals surface area contributed by atoms with Gasteiger partial charge >= 0.3 is 5.97 Å². The lowest BCUT2D eigenvalue weighted by Gasteiger charge is -2.24. The van der Waals surface area contributed by atoms with Gasteiger partial charge in [0.25, 0.3) is 5.56 Å². The number of rotatable bonds is 10. The van der Waals surface area contributed by atoms with Crippen molar-refractivity contribution in [3.05, 3.63) is 149 Å². The van der Waals surface area contributed by atoms with Crippen molar-refractivity contribution in [2.75, 3.05) is 20.3 Å². The minimum absolute atomic E-state index is 0.245. The van der Waals surface area contributed by atoms with Crippen LogP contribution in [0.2, 0.25) is 5.02 Å². The smallest absolute Gasteiger partial charge is 0.343 e. The quantitative estimate of drug-likeness (QED) is 0.0942. The standard InChI is InChI=1S/C38H33ClN2O6S/c1-23-15-16-29(19-24(23)2)45-17-18-46-35-30(39)20-26(21-31(35)44-4)22-32-36(42)41-34(27-11-7-5-8-12-27)33(25(3)40-38(41)48-32)37(43)47-28-13-9-6-10-14-28/h5-16,19-22,34H,17-18H2,1-4H3/b32-22-/t34-/m0/s1. The van der Waals surface area contributed by atoms with E-state index in [0.29, 0.717) is 49.5 Å². The van der Waals surface area contributed by atoms with Crippen molar-refractivity contribution in [2.45, 2.75) is 26.8 Å². The third-order valence-electron chi connectivity index (χ3n) is 7.94. The van der Waals surface area contributed by atoms with Crippen LogP contribution in [-0.4, -0.2) is 30.9 Å². The minimum Gasteiger partial charge on any atom is -0.493 e. The number of methoxy groups -OCH3 is 1. The van der Waals surface area contributed by atoms with Crippen LogP contribution in [0.15, 0.2) is 112 Å². The van der Waals surface area contributed by atoms with Crippen molar-refractivity contribution in [1.29, 1.82) is 0 Å². The summed E-state index contributed by atoms with van der Waals surface area (Å²) in [4.78, 5) is 32.8. The SMILES string of the molecule is COc1cc(/C=c2\sc3n(c2=O)[C@@H](c2ccccc2)C(C(=O)Oc2ccccc2)=C(C)N=3)cc(Cl)c1OCCOc1ccc(C)c(C)c1. The van der Waals surface area contributed by atoms with Gasteiger partial charge in [0.15, 0.2) is 16.3 Å². The van der Waals surface area contributed by atoms with Crippen molar-refractivity contribution < 1.29 is 23.7 Å². The molecule has 0 radical (unpaired) electrons. The van der Waals surface area contributed by atoms with Crippen molar-refractivity contribution >= 4 is 35.0 Å². The number of aryl methyl sites for hydroxylation is 2. The number of nitrogens with zero attached hydrogens (tertiary/aromatic N) is 2. The van der Waals surface area contributed by atoms with Crippen LogP contribution in [0.1, 0.15) is 35.2 Å². The molecule has 4 aromatic carbocycles. The number of hydrogen-bond donors (Lipinski definition) is 0. The number of para-hydroxylation sites is 1. The number of benzene rings is 4. The second-order valence-electron chi connectivity index (χ2n) is 11.2. The van der Waals surface area contributed by atoms with Crippen LogP contribution in [0.4, 0.5) is 0 Å². The van der Waals surface area contributed by atoms with E-state index in [-0.39, 0.29) is 17.7 Å². The second-order valence-corrected chi connectivity index (χ2v) is 12.6. The van der Waals surface area contributed by atoms with Gasteiger partial charge in [0, 0.05) is 0 Å². The van der Waals surface area contributed by atoms with Gasteiger partial charge in [0.05, 0.1) is 34.0 Å². The summed E-state index contributed by atoms with van der Waals surface area (Å²) < 4.78 is 25.1. The molecule has 0 aliphatic carbocycles. The molecular weight excluding hydrogens is 648 g/mol. The molecule has 5 aromatic rings. The summed E-state index contributed by atoms with van der Waals surface area (Å²) in [6.07, 6.45) is 1.73. The van der Waals surface area contributed by atoms with E-state index in [1.165, 1.54) is 24.0 Å². The molecule has 0 fully saturated rings. The summed E-state index contributed by atoms with van der Waals surface area (Å²) in [6, 6.07) is 26.9. The van der Waals surface area contributed by atoms with Gasteiger partial charge in [-0.15, -0.1) is 0 Å². The van der Waals surface area contributed by atoms with E-state index < -0.39 is 12.0 Å². The number of thiazole rings is 1. The Bertz CT molecular complexity index is 2190. The van der Waals surface area contributed by atoms with Gasteiger partial charge in [-0.05, 0) is 85.5 Å². The van der Waals surface area contributed by atoms with E-state index in [1.807, 2.05) is 61.5 Å². The van der Waals surface area contributed by atoms with Gasteiger partial charge in [0.1, 0.15) is 24.7 Å². The fraction of sp³-hybridized carbons (Fsp3) is 0.184. The number of halogens is 1. The van der Waals surface area contributed by atoms with Crippen molar-refractivity contribution in [3.8, 4) is 23.0 Å². The summed E-state index contributed by atoms with van der Waals surface area (Å²) in [5.41, 5.74) is 4.20. The maximum atomic E-state index is 14.1. The van der Waals surface area contributed by atoms with E-state index in [1.54, 1.807) is 54.0 Å². The third-order valence-corrected chi connectivity index (χ3v) is 9.20. The molecule has 0 unspecified atom stereocenters. The summed E-state index contributed by atoms with van der Waals surface area (Å²) in [5, 5.41) is 0.323. The first kappa shape index (κ1) is 32.8. The number of allylic oxidation sites excluding steroid dienone is 1. The van der Waals surface area contributed by atoms with Crippen LogP contribution in [-0.2, 0) is 4.79 Å². The van der Waals surface area contributed by atoms with E-state index >= 15 is 0 Å². The average molecular weight is 681 g/mol. The Morgan fingerprint density at radius 2 is 1.60 bits per heavy atom. The lowest BCUT2D eigenvalue weighted by molar-refractivity contribution is -0.130. The molecule has 1 aliphatic rings. The molecule has 1 aliphatic heterocycles. The topological polar surface area (TPSA) is 88.4 Å². The largest absolute Gasteiger partial charge is 0.493 e. The number of ether oxygens (including phenoxy) is 4. The lowest BCUT2D eigenvalue weighted by Crippen LogP contribution is -2.40. The summed E-state index contributed by atoms with van der Waals surface area (Å²) in [7, 11) is 1.53. The molecule has 0 N–H and O–H groups in total. The Hall–Kier alpha value is -5.12. The number of carbonyl (C=O) groups is 1. The Balaban J connectivity index is 1.30. The monoisotopic (exact) mass is 680 g/mol. The number of fused-ring (bicyclic) bond motifs is 1. The molecule has 0 spiro atoms. The molecule has 48 heavy (non-hydrogen) atoms. The molecule has 6 rings (SSSR count). The van der Waals surface area contributed by atoms with Gasteiger partial charge in [-0.25, -0.2) is 9.79 Å². The van der Waals surface area contributed by atoms with Gasteiger partial charge in [-0.1, -0.05) is 77.5 Å². The second kappa shape index (κ2) is 14.3.